The van der Waals surface area contributed by atoms with Crippen LogP contribution in [0.5, 0.6) is 0 Å². The molecule has 1 amide bonds. The van der Waals surface area contributed by atoms with Crippen molar-refractivity contribution in [3.05, 3.63) is 29.6 Å². The van der Waals surface area contributed by atoms with E-state index >= 15 is 0 Å². The molecule has 2 aromatic rings. The summed E-state index contributed by atoms with van der Waals surface area (Å²) in [6.07, 6.45) is 7.87. The normalized spacial score (nSPS) is 16.1. The fourth-order valence-corrected chi connectivity index (χ4v) is 3.37. The van der Waals surface area contributed by atoms with Crippen molar-refractivity contribution >= 4 is 16.9 Å². The topological polar surface area (TPSA) is 38.1 Å². The standard InChI is InChI=1S/C18H25N3O/c1-13-9-16-17(10-14(13)2)21(12-19-16)11-18(22)20(3)15-7-5-4-6-8-15/h9-10,12,15H,4-8,11H2,1-3H3. The van der Waals surface area contributed by atoms with E-state index in [-0.39, 0.29) is 5.91 Å². The van der Waals surface area contributed by atoms with Crippen molar-refractivity contribution in [3.63, 3.8) is 0 Å². The first-order valence-corrected chi connectivity index (χ1v) is 8.24. The molecule has 0 saturated heterocycles. The van der Waals surface area contributed by atoms with Crippen molar-refractivity contribution in [1.82, 2.24) is 14.5 Å². The fourth-order valence-electron chi connectivity index (χ4n) is 3.37. The maximum atomic E-state index is 12.6. The summed E-state index contributed by atoms with van der Waals surface area (Å²) in [5.74, 6) is 0.185. The summed E-state index contributed by atoms with van der Waals surface area (Å²) in [6, 6.07) is 4.64. The summed E-state index contributed by atoms with van der Waals surface area (Å²) in [5.41, 5.74) is 4.50. The molecule has 1 aliphatic rings. The number of aryl methyl sites for hydroxylation is 2. The summed E-state index contributed by atoms with van der Waals surface area (Å²) in [4.78, 5) is 19.0. The largest absolute Gasteiger partial charge is 0.341 e. The Kier molecular flexibility index (Phi) is 4.19. The van der Waals surface area contributed by atoms with Crippen LogP contribution in [0.3, 0.4) is 0 Å². The number of rotatable bonds is 3. The number of fused-ring (bicyclic) bond motifs is 1. The number of hydrogen-bond acceptors (Lipinski definition) is 2. The lowest BCUT2D eigenvalue weighted by molar-refractivity contribution is -0.133. The van der Waals surface area contributed by atoms with Gasteiger partial charge in [-0.3, -0.25) is 4.79 Å². The van der Waals surface area contributed by atoms with Crippen LogP contribution in [0.15, 0.2) is 18.5 Å². The SMILES string of the molecule is Cc1cc2ncn(CC(=O)N(C)C3CCCCC3)c2cc1C. The number of amides is 1. The lowest BCUT2D eigenvalue weighted by Crippen LogP contribution is -2.40. The molecule has 0 spiro atoms. The maximum absolute atomic E-state index is 12.6. The van der Waals surface area contributed by atoms with Crippen molar-refractivity contribution < 1.29 is 4.79 Å². The summed E-state index contributed by atoms with van der Waals surface area (Å²) < 4.78 is 1.98. The highest BCUT2D eigenvalue weighted by atomic mass is 16.2. The highest BCUT2D eigenvalue weighted by Gasteiger charge is 2.22. The number of carbonyl (C=O) groups excluding carboxylic acids is 1. The molecule has 0 N–H and O–H groups in total. The number of hydrogen-bond donors (Lipinski definition) is 0. The Morgan fingerprint density at radius 1 is 1.23 bits per heavy atom. The second-order valence-electron chi connectivity index (χ2n) is 6.59. The molecule has 0 bridgehead atoms. The molecule has 1 saturated carbocycles. The Morgan fingerprint density at radius 3 is 2.64 bits per heavy atom. The quantitative estimate of drug-likeness (QED) is 0.870. The predicted molar refractivity (Wildman–Crippen MR) is 88.9 cm³/mol. The van der Waals surface area contributed by atoms with Crippen LogP contribution in [0.25, 0.3) is 11.0 Å². The zero-order chi connectivity index (χ0) is 15.7. The zero-order valence-electron chi connectivity index (χ0n) is 13.8. The third-order valence-corrected chi connectivity index (χ3v) is 5.06. The van der Waals surface area contributed by atoms with Gasteiger partial charge in [0, 0.05) is 13.1 Å². The van der Waals surface area contributed by atoms with Crippen LogP contribution in [0.4, 0.5) is 0 Å². The Morgan fingerprint density at radius 2 is 1.91 bits per heavy atom. The van der Waals surface area contributed by atoms with Crippen LogP contribution in [0.2, 0.25) is 0 Å². The Labute approximate surface area is 132 Å². The van der Waals surface area contributed by atoms with E-state index in [0.29, 0.717) is 12.6 Å². The molecule has 1 aromatic heterocycles. The number of benzene rings is 1. The third kappa shape index (κ3) is 2.87. The minimum absolute atomic E-state index is 0.185. The van der Waals surface area contributed by atoms with Gasteiger partial charge in [0.15, 0.2) is 0 Å². The Balaban J connectivity index is 1.77. The molecule has 1 heterocycles. The first kappa shape index (κ1) is 15.1. The van der Waals surface area contributed by atoms with Crippen molar-refractivity contribution in [2.24, 2.45) is 0 Å². The molecule has 0 unspecified atom stereocenters. The average molecular weight is 299 g/mol. The molecule has 1 fully saturated rings. The van der Waals surface area contributed by atoms with Crippen LogP contribution in [0, 0.1) is 13.8 Å². The molecule has 118 valence electrons. The minimum atomic E-state index is 0.185. The Bertz CT molecular complexity index is 683. The van der Waals surface area contributed by atoms with Gasteiger partial charge >= 0.3 is 0 Å². The van der Waals surface area contributed by atoms with Gasteiger partial charge in [-0.1, -0.05) is 19.3 Å². The van der Waals surface area contributed by atoms with Gasteiger partial charge in [-0.15, -0.1) is 0 Å². The van der Waals surface area contributed by atoms with E-state index in [9.17, 15) is 4.79 Å². The zero-order valence-corrected chi connectivity index (χ0v) is 13.8. The van der Waals surface area contributed by atoms with E-state index in [1.807, 2.05) is 16.5 Å². The molecular formula is C18H25N3O. The summed E-state index contributed by atoms with van der Waals surface area (Å²) >= 11 is 0. The highest BCUT2D eigenvalue weighted by molar-refractivity contribution is 5.81. The molecule has 1 aliphatic carbocycles. The number of aromatic nitrogens is 2. The molecule has 4 nitrogen and oxygen atoms in total. The van der Waals surface area contributed by atoms with Crippen LogP contribution in [0.1, 0.15) is 43.2 Å². The predicted octanol–water partition coefficient (Wildman–Crippen LogP) is 3.44. The maximum Gasteiger partial charge on any atom is 0.242 e. The molecule has 0 aliphatic heterocycles. The van der Waals surface area contributed by atoms with Crippen LogP contribution >= 0.6 is 0 Å². The van der Waals surface area contributed by atoms with E-state index in [1.165, 1.54) is 30.4 Å². The fraction of sp³-hybridized carbons (Fsp3) is 0.556. The minimum Gasteiger partial charge on any atom is -0.341 e. The second kappa shape index (κ2) is 6.11. The summed E-state index contributed by atoms with van der Waals surface area (Å²) in [7, 11) is 1.95. The lowest BCUT2D eigenvalue weighted by atomic mass is 9.94. The highest BCUT2D eigenvalue weighted by Crippen LogP contribution is 2.23. The van der Waals surface area contributed by atoms with E-state index < -0.39 is 0 Å². The van der Waals surface area contributed by atoms with Crippen molar-refractivity contribution in [1.29, 1.82) is 0 Å². The summed E-state index contributed by atoms with van der Waals surface area (Å²) in [5, 5.41) is 0. The summed E-state index contributed by atoms with van der Waals surface area (Å²) in [6.45, 7) is 4.57. The van der Waals surface area contributed by atoms with Gasteiger partial charge in [0.1, 0.15) is 6.54 Å². The van der Waals surface area contributed by atoms with Crippen LogP contribution < -0.4 is 0 Å². The Hall–Kier alpha value is -1.84. The van der Waals surface area contributed by atoms with Gasteiger partial charge in [-0.05, 0) is 49.9 Å². The van der Waals surface area contributed by atoms with Gasteiger partial charge in [0.25, 0.3) is 0 Å². The van der Waals surface area contributed by atoms with Crippen molar-refractivity contribution in [3.8, 4) is 0 Å². The molecule has 4 heteroatoms. The molecule has 0 atom stereocenters. The average Bonchev–Trinajstić information content (AvgIpc) is 2.90. The van der Waals surface area contributed by atoms with E-state index in [0.717, 1.165) is 23.9 Å². The number of nitrogens with zero attached hydrogens (tertiary/aromatic N) is 3. The number of likely N-dealkylation sites (N-methyl/N-ethyl adjacent to an activating group) is 1. The van der Waals surface area contributed by atoms with Gasteiger partial charge in [0.05, 0.1) is 17.4 Å². The smallest absolute Gasteiger partial charge is 0.242 e. The van der Waals surface area contributed by atoms with Crippen LogP contribution in [-0.4, -0.2) is 33.4 Å². The second-order valence-corrected chi connectivity index (χ2v) is 6.59. The van der Waals surface area contributed by atoms with Crippen molar-refractivity contribution in [2.45, 2.75) is 58.5 Å². The van der Waals surface area contributed by atoms with Crippen LogP contribution in [-0.2, 0) is 11.3 Å². The lowest BCUT2D eigenvalue weighted by Gasteiger charge is -2.31. The molecule has 3 rings (SSSR count). The first-order chi connectivity index (χ1) is 10.6. The van der Waals surface area contributed by atoms with E-state index in [2.05, 4.69) is 31.0 Å². The monoisotopic (exact) mass is 299 g/mol. The van der Waals surface area contributed by atoms with E-state index in [4.69, 9.17) is 0 Å². The van der Waals surface area contributed by atoms with Crippen molar-refractivity contribution in [2.75, 3.05) is 7.05 Å². The molecule has 22 heavy (non-hydrogen) atoms. The van der Waals surface area contributed by atoms with Gasteiger partial charge in [0.2, 0.25) is 5.91 Å². The van der Waals surface area contributed by atoms with Gasteiger partial charge in [-0.25, -0.2) is 4.98 Å². The molecule has 0 radical (unpaired) electrons. The number of carbonyl (C=O) groups is 1. The third-order valence-electron chi connectivity index (χ3n) is 5.06. The first-order valence-electron chi connectivity index (χ1n) is 8.24. The molecular weight excluding hydrogens is 274 g/mol. The molecule has 1 aromatic carbocycles. The van der Waals surface area contributed by atoms with E-state index in [1.54, 1.807) is 6.33 Å². The van der Waals surface area contributed by atoms with Gasteiger partial charge in [-0.2, -0.15) is 0 Å². The number of imidazole rings is 1. The van der Waals surface area contributed by atoms with Gasteiger partial charge < -0.3 is 9.47 Å².